The van der Waals surface area contributed by atoms with E-state index >= 15 is 0 Å². The summed E-state index contributed by atoms with van der Waals surface area (Å²) in [4.78, 5) is 32.3. The van der Waals surface area contributed by atoms with Crippen molar-refractivity contribution in [3.8, 4) is 0 Å². The number of piperidine rings is 1. The van der Waals surface area contributed by atoms with E-state index in [1.165, 1.54) is 24.1 Å². The van der Waals surface area contributed by atoms with E-state index < -0.39 is 5.97 Å². The lowest BCUT2D eigenvalue weighted by Crippen LogP contribution is -2.42. The number of carbonyl (C=O) groups is 2. The molecule has 0 bridgehead atoms. The number of Topliss-reactive ketones (excluding diaryl/α,β-unsaturated/α-hetero) is 1. The van der Waals surface area contributed by atoms with Gasteiger partial charge in [0.15, 0.2) is 0 Å². The summed E-state index contributed by atoms with van der Waals surface area (Å²) < 4.78 is 13.3. The van der Waals surface area contributed by atoms with E-state index in [0.717, 1.165) is 38.8 Å². The number of nitrogens with zero attached hydrogens (tertiary/aromatic N) is 2. The van der Waals surface area contributed by atoms with Gasteiger partial charge in [-0.15, -0.1) is 0 Å². The Hall–Kier alpha value is -2.86. The number of benzene rings is 2. The van der Waals surface area contributed by atoms with Gasteiger partial charge in [0.1, 0.15) is 11.6 Å². The summed E-state index contributed by atoms with van der Waals surface area (Å²) in [5, 5.41) is 4.05. The fourth-order valence-corrected chi connectivity index (χ4v) is 6.08. The quantitative estimate of drug-likeness (QED) is 0.342. The molecule has 0 amide bonds. The number of likely N-dealkylation sites (tertiary alicyclic amines) is 1. The second kappa shape index (κ2) is 9.79. The van der Waals surface area contributed by atoms with Gasteiger partial charge in [-0.05, 0) is 74.4 Å². The minimum atomic E-state index is -0.468. The average molecular weight is 463 g/mol. The van der Waals surface area contributed by atoms with Crippen molar-refractivity contribution in [2.24, 2.45) is 22.4 Å². The average Bonchev–Trinajstić information content (AvgIpc) is 3.56. The van der Waals surface area contributed by atoms with Gasteiger partial charge in [-0.25, -0.2) is 9.18 Å². The van der Waals surface area contributed by atoms with Crippen molar-refractivity contribution in [1.82, 2.24) is 4.90 Å². The summed E-state index contributed by atoms with van der Waals surface area (Å²) in [6.45, 7) is 2.05. The molecule has 5 rings (SSSR count). The van der Waals surface area contributed by atoms with Gasteiger partial charge in [0.2, 0.25) is 0 Å². The Labute approximate surface area is 200 Å². The molecule has 3 aliphatic rings. The first-order chi connectivity index (χ1) is 16.5. The number of ketones is 1. The summed E-state index contributed by atoms with van der Waals surface area (Å²) in [5.41, 5.74) is 1.56. The van der Waals surface area contributed by atoms with Crippen LogP contribution in [0.2, 0.25) is 0 Å². The van der Waals surface area contributed by atoms with Crippen molar-refractivity contribution in [3.63, 3.8) is 0 Å². The molecule has 1 saturated heterocycles. The van der Waals surface area contributed by atoms with Crippen molar-refractivity contribution < 1.29 is 18.8 Å². The summed E-state index contributed by atoms with van der Waals surface area (Å²) in [6.07, 6.45) is 7.93. The van der Waals surface area contributed by atoms with E-state index in [9.17, 15) is 14.0 Å². The Morgan fingerprint density at radius 2 is 1.94 bits per heavy atom. The third-order valence-electron chi connectivity index (χ3n) is 7.89. The van der Waals surface area contributed by atoms with Crippen molar-refractivity contribution in [2.75, 3.05) is 13.1 Å². The molecule has 5 nitrogen and oxygen atoms in total. The molecule has 2 aliphatic carbocycles. The Bertz CT molecular complexity index is 1060. The molecule has 2 saturated carbocycles. The molecule has 2 aromatic carbocycles. The van der Waals surface area contributed by atoms with Crippen LogP contribution in [0.3, 0.4) is 0 Å². The van der Waals surface area contributed by atoms with Crippen molar-refractivity contribution in [2.45, 2.75) is 51.0 Å². The standard InChI is InChI=1S/C28H31FN2O3/c29-24-11-8-20(9-12-24)15-21-5-4-14-31(19-21)26-17-28(26)16-25(32)13-10-23(28)18-30-34-27(33)22-6-2-1-3-7-22/h1-3,6-9,11-12,18,21,23,26H,4-5,10,13-17,19H2/b30-18+/t21?,23?,26-,28-/m1/s1. The van der Waals surface area contributed by atoms with Gasteiger partial charge in [-0.1, -0.05) is 35.5 Å². The summed E-state index contributed by atoms with van der Waals surface area (Å²) >= 11 is 0. The van der Waals surface area contributed by atoms with Crippen LogP contribution in [0, 0.1) is 23.1 Å². The number of rotatable bonds is 6. The number of hydrogen-bond donors (Lipinski definition) is 0. The van der Waals surface area contributed by atoms with Crippen molar-refractivity contribution in [1.29, 1.82) is 0 Å². The van der Waals surface area contributed by atoms with Crippen LogP contribution in [0.25, 0.3) is 0 Å². The Balaban J connectivity index is 1.22. The normalized spacial score (nSPS) is 29.4. The largest absolute Gasteiger partial charge is 0.365 e. The zero-order valence-electron chi connectivity index (χ0n) is 19.4. The number of hydrogen-bond acceptors (Lipinski definition) is 5. The molecular formula is C28H31FN2O3. The maximum Gasteiger partial charge on any atom is 0.365 e. The topological polar surface area (TPSA) is 59.0 Å². The smallest absolute Gasteiger partial charge is 0.313 e. The minimum absolute atomic E-state index is 0.0875. The van der Waals surface area contributed by atoms with E-state index in [4.69, 9.17) is 4.84 Å². The zero-order chi connectivity index (χ0) is 23.5. The molecular weight excluding hydrogens is 431 g/mol. The first kappa shape index (κ1) is 22.9. The molecule has 2 aromatic rings. The Morgan fingerprint density at radius 1 is 1.15 bits per heavy atom. The highest BCUT2D eigenvalue weighted by atomic mass is 19.1. The molecule has 3 fully saturated rings. The molecule has 1 heterocycles. The van der Waals surface area contributed by atoms with E-state index in [0.29, 0.717) is 36.1 Å². The first-order valence-corrected chi connectivity index (χ1v) is 12.3. The predicted molar refractivity (Wildman–Crippen MR) is 128 cm³/mol. The van der Waals surface area contributed by atoms with Crippen LogP contribution < -0.4 is 0 Å². The van der Waals surface area contributed by atoms with Gasteiger partial charge in [0.05, 0.1) is 5.56 Å². The van der Waals surface area contributed by atoms with Crippen LogP contribution in [-0.2, 0) is 16.1 Å². The Kier molecular flexibility index (Phi) is 6.59. The van der Waals surface area contributed by atoms with E-state index in [1.807, 2.05) is 18.2 Å². The highest BCUT2D eigenvalue weighted by Crippen LogP contribution is 2.61. The maximum absolute atomic E-state index is 13.3. The van der Waals surface area contributed by atoms with Crippen LogP contribution in [0.5, 0.6) is 0 Å². The summed E-state index contributed by atoms with van der Waals surface area (Å²) in [7, 11) is 0. The van der Waals surface area contributed by atoms with E-state index in [2.05, 4.69) is 10.1 Å². The fraction of sp³-hybridized carbons (Fsp3) is 0.464. The lowest BCUT2D eigenvalue weighted by Gasteiger charge is -2.37. The highest BCUT2D eigenvalue weighted by Gasteiger charge is 2.62. The maximum atomic E-state index is 13.3. The minimum Gasteiger partial charge on any atom is -0.313 e. The van der Waals surface area contributed by atoms with Crippen molar-refractivity contribution in [3.05, 3.63) is 71.5 Å². The van der Waals surface area contributed by atoms with Gasteiger partial charge in [0, 0.05) is 43.0 Å². The second-order valence-corrected chi connectivity index (χ2v) is 10.1. The lowest BCUT2D eigenvalue weighted by molar-refractivity contribution is -0.123. The summed E-state index contributed by atoms with van der Waals surface area (Å²) in [6, 6.07) is 16.0. The lowest BCUT2D eigenvalue weighted by atomic mass is 9.75. The van der Waals surface area contributed by atoms with Crippen LogP contribution >= 0.6 is 0 Å². The van der Waals surface area contributed by atoms with Gasteiger partial charge >= 0.3 is 5.97 Å². The summed E-state index contributed by atoms with van der Waals surface area (Å²) in [5.74, 6) is 0.336. The van der Waals surface area contributed by atoms with E-state index in [1.54, 1.807) is 30.5 Å². The molecule has 0 aromatic heterocycles. The molecule has 34 heavy (non-hydrogen) atoms. The molecule has 2 unspecified atom stereocenters. The van der Waals surface area contributed by atoms with Crippen LogP contribution in [-0.4, -0.2) is 42.0 Å². The molecule has 0 radical (unpaired) electrons. The fourth-order valence-electron chi connectivity index (χ4n) is 6.08. The van der Waals surface area contributed by atoms with Crippen LogP contribution in [0.4, 0.5) is 4.39 Å². The SMILES string of the molecule is O=C1CCC(/C=N/OC(=O)c2ccccc2)[C@@]2(C1)C[C@H]2N1CCCC(Cc2ccc(F)cc2)C1. The van der Waals surface area contributed by atoms with Crippen LogP contribution in [0.15, 0.2) is 59.8 Å². The monoisotopic (exact) mass is 462 g/mol. The third-order valence-corrected chi connectivity index (χ3v) is 7.89. The van der Waals surface area contributed by atoms with Gasteiger partial charge < -0.3 is 4.84 Å². The molecule has 1 spiro atoms. The highest BCUT2D eigenvalue weighted by molar-refractivity contribution is 5.89. The number of carbonyl (C=O) groups excluding carboxylic acids is 2. The molecule has 0 N–H and O–H groups in total. The van der Waals surface area contributed by atoms with E-state index in [-0.39, 0.29) is 17.2 Å². The number of halogens is 1. The number of oxime groups is 1. The second-order valence-electron chi connectivity index (χ2n) is 10.1. The molecule has 178 valence electrons. The van der Waals surface area contributed by atoms with Gasteiger partial charge in [0.25, 0.3) is 0 Å². The van der Waals surface area contributed by atoms with Gasteiger partial charge in [-0.3, -0.25) is 9.69 Å². The predicted octanol–water partition coefficient (Wildman–Crippen LogP) is 5.05. The zero-order valence-corrected chi connectivity index (χ0v) is 19.4. The van der Waals surface area contributed by atoms with Gasteiger partial charge in [-0.2, -0.15) is 0 Å². The molecule has 4 atom stereocenters. The molecule has 6 heteroatoms. The third kappa shape index (κ3) is 4.97. The van der Waals surface area contributed by atoms with Crippen molar-refractivity contribution >= 4 is 18.0 Å². The van der Waals surface area contributed by atoms with Crippen LogP contribution in [0.1, 0.15) is 54.4 Å². The first-order valence-electron chi connectivity index (χ1n) is 12.3. The molecule has 1 aliphatic heterocycles. The Morgan fingerprint density at radius 3 is 2.74 bits per heavy atom.